The van der Waals surface area contributed by atoms with Crippen LogP contribution in [0.1, 0.15) is 43.8 Å². The first-order chi connectivity index (χ1) is 17.0. The Morgan fingerprint density at radius 1 is 1.17 bits per heavy atom. The predicted molar refractivity (Wildman–Crippen MR) is 138 cm³/mol. The quantitative estimate of drug-likeness (QED) is 0.708. The van der Waals surface area contributed by atoms with E-state index >= 15 is 0 Å². The highest BCUT2D eigenvalue weighted by atomic mass is 16.5. The van der Waals surface area contributed by atoms with Crippen molar-refractivity contribution in [2.45, 2.75) is 58.0 Å². The number of dihydropyridines is 1. The molecule has 8 heteroatoms. The van der Waals surface area contributed by atoms with Crippen molar-refractivity contribution < 1.29 is 9.47 Å². The normalized spacial score (nSPS) is 26.5. The van der Waals surface area contributed by atoms with E-state index in [1.54, 1.807) is 7.11 Å². The lowest BCUT2D eigenvalue weighted by Crippen LogP contribution is -2.55. The molecule has 0 spiro atoms. The summed E-state index contributed by atoms with van der Waals surface area (Å²) in [6.07, 6.45) is 9.59. The summed E-state index contributed by atoms with van der Waals surface area (Å²) in [5.74, 6) is 0. The minimum Gasteiger partial charge on any atom is -0.381 e. The minimum atomic E-state index is -0.111. The van der Waals surface area contributed by atoms with Crippen molar-refractivity contribution in [1.29, 1.82) is 0 Å². The van der Waals surface area contributed by atoms with Gasteiger partial charge in [0.1, 0.15) is 6.23 Å². The van der Waals surface area contributed by atoms with Crippen LogP contribution in [0, 0.1) is 0 Å². The van der Waals surface area contributed by atoms with E-state index in [4.69, 9.17) is 19.6 Å². The first kappa shape index (κ1) is 24.2. The summed E-state index contributed by atoms with van der Waals surface area (Å²) < 4.78 is 13.3. The molecule has 4 atom stereocenters. The third-order valence-corrected chi connectivity index (χ3v) is 7.82. The topological polar surface area (TPSA) is 67.7 Å². The minimum absolute atomic E-state index is 0.111. The standard InChI is InChI=1S/C27H38N6O2/c1-18-16-32(17-19(2)31(18)4)20(3)24-14-21(8-11-28-24)27-23-9-12-35-13-10-25(23)33(30-27)22-6-7-26(34-5)29-15-22/h6-8,11,14-15,18-20,26,29H,9-10,12-13,16-17H2,1-5H3/t18-,19+,20?,26?. The number of nitrogens with zero attached hydrogens (tertiary/aromatic N) is 5. The summed E-state index contributed by atoms with van der Waals surface area (Å²) in [5, 5.41) is 8.42. The van der Waals surface area contributed by atoms with Gasteiger partial charge in [-0.3, -0.25) is 14.8 Å². The number of likely N-dealkylation sites (N-methyl/N-ethyl adjacent to an activating group) is 1. The summed E-state index contributed by atoms with van der Waals surface area (Å²) in [6.45, 7) is 10.4. The van der Waals surface area contributed by atoms with Crippen LogP contribution in [0.5, 0.6) is 0 Å². The van der Waals surface area contributed by atoms with E-state index in [9.17, 15) is 0 Å². The molecule has 2 aromatic heterocycles. The lowest BCUT2D eigenvalue weighted by Gasteiger charge is -2.44. The van der Waals surface area contributed by atoms with Gasteiger partial charge in [-0.1, -0.05) is 0 Å². The van der Waals surface area contributed by atoms with Gasteiger partial charge in [0, 0.05) is 68.3 Å². The maximum atomic E-state index is 5.84. The van der Waals surface area contributed by atoms with Crippen LogP contribution < -0.4 is 5.32 Å². The van der Waals surface area contributed by atoms with E-state index in [1.807, 2.05) is 18.5 Å². The van der Waals surface area contributed by atoms with Crippen LogP contribution in [0.25, 0.3) is 17.0 Å². The first-order valence-corrected chi connectivity index (χ1v) is 12.7. The molecule has 1 fully saturated rings. The summed E-state index contributed by atoms with van der Waals surface area (Å²) >= 11 is 0. The van der Waals surface area contributed by atoms with Gasteiger partial charge in [0.2, 0.25) is 0 Å². The molecule has 35 heavy (non-hydrogen) atoms. The number of hydrogen-bond acceptors (Lipinski definition) is 7. The second kappa shape index (κ2) is 10.2. The second-order valence-corrected chi connectivity index (χ2v) is 10.0. The Hall–Kier alpha value is -2.52. The molecule has 1 N–H and O–H groups in total. The van der Waals surface area contributed by atoms with Gasteiger partial charge in [0.25, 0.3) is 0 Å². The van der Waals surface area contributed by atoms with Crippen LogP contribution in [-0.2, 0) is 22.3 Å². The van der Waals surface area contributed by atoms with E-state index in [0.717, 1.165) is 55.2 Å². The molecule has 0 aliphatic carbocycles. The summed E-state index contributed by atoms with van der Waals surface area (Å²) in [4.78, 5) is 9.82. The molecule has 0 radical (unpaired) electrons. The van der Waals surface area contributed by atoms with Crippen molar-refractivity contribution in [2.75, 3.05) is 40.5 Å². The number of pyridine rings is 1. The van der Waals surface area contributed by atoms with E-state index in [-0.39, 0.29) is 12.3 Å². The lowest BCUT2D eigenvalue weighted by atomic mass is 10.0. The zero-order valence-electron chi connectivity index (χ0n) is 21.6. The maximum Gasteiger partial charge on any atom is 0.146 e. The van der Waals surface area contributed by atoms with E-state index in [2.05, 4.69) is 65.8 Å². The SMILES string of the molecule is COC1C=CC(n2nc(-c3ccnc(C(C)N4C[C@@H](C)N(C)[C@@H](C)C4)c3)c3c2CCOCC3)=CN1. The molecule has 0 amide bonds. The van der Waals surface area contributed by atoms with Gasteiger partial charge in [0.05, 0.1) is 36.0 Å². The fraction of sp³-hybridized carbons (Fsp3) is 0.556. The maximum absolute atomic E-state index is 5.84. The zero-order valence-corrected chi connectivity index (χ0v) is 21.6. The monoisotopic (exact) mass is 478 g/mol. The Labute approximate surface area is 208 Å². The van der Waals surface area contributed by atoms with E-state index in [1.165, 1.54) is 11.3 Å². The summed E-state index contributed by atoms with van der Waals surface area (Å²) in [6, 6.07) is 5.63. The third-order valence-electron chi connectivity index (χ3n) is 7.82. The molecular formula is C27H38N6O2. The molecule has 2 unspecified atom stereocenters. The smallest absolute Gasteiger partial charge is 0.146 e. The Balaban J connectivity index is 1.48. The molecular weight excluding hydrogens is 440 g/mol. The van der Waals surface area contributed by atoms with Crippen LogP contribution in [0.15, 0.2) is 36.7 Å². The van der Waals surface area contributed by atoms with Crippen molar-refractivity contribution in [3.05, 3.63) is 53.6 Å². The number of nitrogens with one attached hydrogen (secondary N) is 1. The summed E-state index contributed by atoms with van der Waals surface area (Å²) in [5.41, 5.74) is 6.75. The van der Waals surface area contributed by atoms with Gasteiger partial charge < -0.3 is 14.8 Å². The number of methoxy groups -OCH3 is 1. The van der Waals surface area contributed by atoms with Crippen LogP contribution >= 0.6 is 0 Å². The van der Waals surface area contributed by atoms with Crippen molar-refractivity contribution in [3.8, 4) is 11.3 Å². The summed E-state index contributed by atoms with van der Waals surface area (Å²) in [7, 11) is 3.92. The molecule has 5 heterocycles. The fourth-order valence-corrected chi connectivity index (χ4v) is 5.40. The molecule has 2 aromatic rings. The molecule has 0 saturated carbocycles. The number of allylic oxidation sites excluding steroid dienone is 2. The third kappa shape index (κ3) is 4.80. The van der Waals surface area contributed by atoms with Crippen molar-refractivity contribution in [2.24, 2.45) is 0 Å². The van der Waals surface area contributed by atoms with Crippen LogP contribution in [-0.4, -0.2) is 83.3 Å². The highest BCUT2D eigenvalue weighted by molar-refractivity contribution is 5.68. The molecule has 0 bridgehead atoms. The number of hydrogen-bond donors (Lipinski definition) is 1. The Kier molecular flexibility index (Phi) is 7.07. The Morgan fingerprint density at radius 2 is 1.94 bits per heavy atom. The van der Waals surface area contributed by atoms with Crippen molar-refractivity contribution >= 4 is 5.70 Å². The number of fused-ring (bicyclic) bond motifs is 1. The van der Waals surface area contributed by atoms with E-state index in [0.29, 0.717) is 18.7 Å². The Morgan fingerprint density at radius 3 is 2.66 bits per heavy atom. The number of rotatable bonds is 5. The number of aromatic nitrogens is 3. The van der Waals surface area contributed by atoms with Crippen LogP contribution in [0.4, 0.5) is 0 Å². The highest BCUT2D eigenvalue weighted by Gasteiger charge is 2.30. The molecule has 1 saturated heterocycles. The Bertz CT molecular complexity index is 1100. The van der Waals surface area contributed by atoms with Gasteiger partial charge in [-0.15, -0.1) is 0 Å². The van der Waals surface area contributed by atoms with Crippen molar-refractivity contribution in [1.82, 2.24) is 29.9 Å². The molecule has 8 nitrogen and oxygen atoms in total. The van der Waals surface area contributed by atoms with Gasteiger partial charge >= 0.3 is 0 Å². The van der Waals surface area contributed by atoms with Gasteiger partial charge in [-0.05, 0) is 58.5 Å². The van der Waals surface area contributed by atoms with Gasteiger partial charge in [-0.25, -0.2) is 4.68 Å². The molecule has 3 aliphatic rings. The molecule has 3 aliphatic heterocycles. The first-order valence-electron chi connectivity index (χ1n) is 12.7. The van der Waals surface area contributed by atoms with E-state index < -0.39 is 0 Å². The second-order valence-electron chi connectivity index (χ2n) is 10.0. The van der Waals surface area contributed by atoms with Crippen LogP contribution in [0.3, 0.4) is 0 Å². The lowest BCUT2D eigenvalue weighted by molar-refractivity contribution is 0.0367. The average Bonchev–Trinajstić information content (AvgIpc) is 3.07. The largest absolute Gasteiger partial charge is 0.381 e. The van der Waals surface area contributed by atoms with Gasteiger partial charge in [0.15, 0.2) is 0 Å². The number of piperazine rings is 1. The molecule has 0 aromatic carbocycles. The average molecular weight is 479 g/mol. The molecule has 5 rings (SSSR count). The van der Waals surface area contributed by atoms with Crippen LogP contribution in [0.2, 0.25) is 0 Å². The highest BCUT2D eigenvalue weighted by Crippen LogP contribution is 2.32. The number of ether oxygens (including phenoxy) is 2. The molecule has 188 valence electrons. The fourth-order valence-electron chi connectivity index (χ4n) is 5.40. The predicted octanol–water partition coefficient (Wildman–Crippen LogP) is 3.08. The van der Waals surface area contributed by atoms with Gasteiger partial charge in [-0.2, -0.15) is 5.10 Å². The zero-order chi connectivity index (χ0) is 24.5. The van der Waals surface area contributed by atoms with Crippen molar-refractivity contribution in [3.63, 3.8) is 0 Å².